The van der Waals surface area contributed by atoms with Crippen molar-refractivity contribution in [1.29, 1.82) is 0 Å². The summed E-state index contributed by atoms with van der Waals surface area (Å²) < 4.78 is 5.80. The molecule has 0 unspecified atom stereocenters. The van der Waals surface area contributed by atoms with Crippen LogP contribution in [0.1, 0.15) is 89.5 Å². The highest BCUT2D eigenvalue weighted by atomic mass is 16.5. The Labute approximate surface area is 189 Å². The van der Waals surface area contributed by atoms with E-state index in [2.05, 4.69) is 24.4 Å². The molecule has 0 heterocycles. The van der Waals surface area contributed by atoms with Gasteiger partial charge in [-0.3, -0.25) is 4.79 Å². The van der Waals surface area contributed by atoms with Gasteiger partial charge in [0.05, 0.1) is 6.61 Å². The maximum absolute atomic E-state index is 12.1. The molecule has 0 fully saturated rings. The van der Waals surface area contributed by atoms with Gasteiger partial charge in [-0.05, 0) is 36.2 Å². The van der Waals surface area contributed by atoms with E-state index >= 15 is 0 Å². The molecule has 170 valence electrons. The Bertz CT molecular complexity index is 697. The molecule has 0 spiro atoms. The first-order valence-corrected chi connectivity index (χ1v) is 12.3. The van der Waals surface area contributed by atoms with Gasteiger partial charge in [0.25, 0.3) is 0 Å². The van der Waals surface area contributed by atoms with Gasteiger partial charge in [-0.1, -0.05) is 101 Å². The van der Waals surface area contributed by atoms with Gasteiger partial charge in [-0.2, -0.15) is 0 Å². The molecule has 1 amide bonds. The summed E-state index contributed by atoms with van der Waals surface area (Å²) in [6, 6.07) is 18.0. The first kappa shape index (κ1) is 25.0. The molecule has 2 aromatic carbocycles. The largest absolute Gasteiger partial charge is 0.493 e. The Morgan fingerprint density at radius 3 is 1.94 bits per heavy atom. The van der Waals surface area contributed by atoms with Crippen LogP contribution >= 0.6 is 0 Å². The number of benzene rings is 2. The number of hydrogen-bond acceptors (Lipinski definition) is 2. The van der Waals surface area contributed by atoms with Gasteiger partial charge in [0.2, 0.25) is 5.91 Å². The van der Waals surface area contributed by atoms with Crippen LogP contribution in [-0.2, 0) is 11.2 Å². The third kappa shape index (κ3) is 12.2. The lowest BCUT2D eigenvalue weighted by atomic mass is 10.1. The lowest BCUT2D eigenvalue weighted by Gasteiger charge is -2.09. The summed E-state index contributed by atoms with van der Waals surface area (Å²) in [6.07, 6.45) is 15.8. The van der Waals surface area contributed by atoms with E-state index in [1.165, 1.54) is 63.4 Å². The molecule has 2 aromatic rings. The fraction of sp³-hybridized carbons (Fsp3) is 0.536. The van der Waals surface area contributed by atoms with Gasteiger partial charge in [0, 0.05) is 18.5 Å². The fourth-order valence-electron chi connectivity index (χ4n) is 3.74. The van der Waals surface area contributed by atoms with Crippen molar-refractivity contribution in [3.05, 3.63) is 60.2 Å². The van der Waals surface area contributed by atoms with Crippen LogP contribution in [0.15, 0.2) is 54.6 Å². The number of nitrogens with one attached hydrogen (secondary N) is 1. The molecule has 1 N–H and O–H groups in total. The molecule has 0 aliphatic carbocycles. The molecule has 0 saturated heterocycles. The molecular formula is C28H41NO2. The first-order chi connectivity index (χ1) is 15.3. The summed E-state index contributed by atoms with van der Waals surface area (Å²) in [5.74, 6) is 0.938. The number of unbranched alkanes of at least 4 members (excludes halogenated alkanes) is 10. The van der Waals surface area contributed by atoms with Crippen LogP contribution in [0.4, 0.5) is 5.69 Å². The number of carbonyl (C=O) groups excluding carboxylic acids is 1. The summed E-state index contributed by atoms with van der Waals surface area (Å²) in [5.41, 5.74) is 2.11. The summed E-state index contributed by atoms with van der Waals surface area (Å²) >= 11 is 0. The summed E-state index contributed by atoms with van der Waals surface area (Å²) in [4.78, 5) is 12.1. The Hall–Kier alpha value is -2.29. The van der Waals surface area contributed by atoms with Crippen molar-refractivity contribution in [3.8, 4) is 5.75 Å². The van der Waals surface area contributed by atoms with E-state index < -0.39 is 0 Å². The molecule has 0 bridgehead atoms. The zero-order chi connectivity index (χ0) is 22.0. The van der Waals surface area contributed by atoms with Crippen molar-refractivity contribution in [2.24, 2.45) is 0 Å². The van der Waals surface area contributed by atoms with E-state index in [-0.39, 0.29) is 5.91 Å². The van der Waals surface area contributed by atoms with Crippen molar-refractivity contribution in [3.63, 3.8) is 0 Å². The number of ether oxygens (including phenoxy) is 1. The van der Waals surface area contributed by atoms with Crippen molar-refractivity contribution in [2.45, 2.75) is 90.4 Å². The predicted molar refractivity (Wildman–Crippen MR) is 132 cm³/mol. The Balaban J connectivity index is 1.48. The van der Waals surface area contributed by atoms with Crippen LogP contribution < -0.4 is 10.1 Å². The molecular weight excluding hydrogens is 382 g/mol. The number of hydrogen-bond donors (Lipinski definition) is 1. The van der Waals surface area contributed by atoms with E-state index in [0.717, 1.165) is 30.7 Å². The van der Waals surface area contributed by atoms with Crippen LogP contribution in [0.3, 0.4) is 0 Å². The molecule has 31 heavy (non-hydrogen) atoms. The normalized spacial score (nSPS) is 10.7. The minimum absolute atomic E-state index is 0.105. The molecule has 3 heteroatoms. The molecule has 0 aliphatic heterocycles. The van der Waals surface area contributed by atoms with Gasteiger partial charge in [-0.15, -0.1) is 0 Å². The fourth-order valence-corrected chi connectivity index (χ4v) is 3.74. The smallest absolute Gasteiger partial charge is 0.224 e. The second-order valence-corrected chi connectivity index (χ2v) is 8.44. The van der Waals surface area contributed by atoms with E-state index in [1.807, 2.05) is 42.5 Å². The average Bonchev–Trinajstić information content (AvgIpc) is 2.79. The van der Waals surface area contributed by atoms with Crippen LogP contribution in [0, 0.1) is 0 Å². The highest BCUT2D eigenvalue weighted by Gasteiger charge is 2.03. The molecule has 0 radical (unpaired) electrons. The minimum atomic E-state index is 0.105. The van der Waals surface area contributed by atoms with Gasteiger partial charge in [0.15, 0.2) is 0 Å². The van der Waals surface area contributed by atoms with Crippen molar-refractivity contribution in [1.82, 2.24) is 0 Å². The summed E-state index contributed by atoms with van der Waals surface area (Å²) in [6.45, 7) is 2.91. The Morgan fingerprint density at radius 1 is 0.742 bits per heavy atom. The van der Waals surface area contributed by atoms with E-state index in [4.69, 9.17) is 4.74 Å². The zero-order valence-corrected chi connectivity index (χ0v) is 19.4. The second kappa shape index (κ2) is 16.4. The maximum Gasteiger partial charge on any atom is 0.224 e. The van der Waals surface area contributed by atoms with Crippen LogP contribution in [0.5, 0.6) is 5.75 Å². The Morgan fingerprint density at radius 2 is 1.32 bits per heavy atom. The maximum atomic E-state index is 12.1. The molecule has 0 aromatic heterocycles. The molecule has 0 atom stereocenters. The molecule has 2 rings (SSSR count). The Kier molecular flexibility index (Phi) is 13.2. The van der Waals surface area contributed by atoms with Gasteiger partial charge < -0.3 is 10.1 Å². The van der Waals surface area contributed by atoms with Crippen LogP contribution in [0.25, 0.3) is 0 Å². The number of rotatable bonds is 17. The van der Waals surface area contributed by atoms with Gasteiger partial charge in [-0.25, -0.2) is 0 Å². The topological polar surface area (TPSA) is 38.3 Å². The number of carbonyl (C=O) groups is 1. The molecule has 0 saturated carbocycles. The van der Waals surface area contributed by atoms with Crippen LogP contribution in [-0.4, -0.2) is 12.5 Å². The van der Waals surface area contributed by atoms with E-state index in [0.29, 0.717) is 13.0 Å². The monoisotopic (exact) mass is 423 g/mol. The predicted octanol–water partition coefficient (Wildman–Crippen LogP) is 7.95. The van der Waals surface area contributed by atoms with E-state index in [9.17, 15) is 4.79 Å². The van der Waals surface area contributed by atoms with E-state index in [1.54, 1.807) is 0 Å². The quantitative estimate of drug-likeness (QED) is 0.262. The first-order valence-electron chi connectivity index (χ1n) is 12.3. The molecule has 0 aliphatic rings. The zero-order valence-electron chi connectivity index (χ0n) is 19.4. The van der Waals surface area contributed by atoms with Crippen molar-refractivity contribution in [2.75, 3.05) is 11.9 Å². The van der Waals surface area contributed by atoms with Gasteiger partial charge >= 0.3 is 0 Å². The number of anilines is 1. The van der Waals surface area contributed by atoms with Crippen LogP contribution in [0.2, 0.25) is 0 Å². The highest BCUT2D eigenvalue weighted by molar-refractivity contribution is 5.90. The lowest BCUT2D eigenvalue weighted by Crippen LogP contribution is -2.11. The minimum Gasteiger partial charge on any atom is -0.493 e. The third-order valence-corrected chi connectivity index (χ3v) is 5.65. The summed E-state index contributed by atoms with van der Waals surface area (Å²) in [7, 11) is 0. The SMILES string of the molecule is CCCCCCCCCCCCCC(=O)Nc1ccc(OCCc2ccccc2)cc1. The number of amides is 1. The highest BCUT2D eigenvalue weighted by Crippen LogP contribution is 2.17. The second-order valence-electron chi connectivity index (χ2n) is 8.44. The lowest BCUT2D eigenvalue weighted by molar-refractivity contribution is -0.116. The summed E-state index contributed by atoms with van der Waals surface area (Å²) in [5, 5.41) is 2.99. The van der Waals surface area contributed by atoms with Crippen molar-refractivity contribution >= 4 is 11.6 Å². The average molecular weight is 424 g/mol. The standard InChI is InChI=1S/C28H41NO2/c1-2-3-4-5-6-7-8-9-10-11-15-18-28(30)29-26-19-21-27(22-20-26)31-24-23-25-16-13-12-14-17-25/h12-14,16-17,19-22H,2-11,15,18,23-24H2,1H3,(H,29,30). The van der Waals surface area contributed by atoms with Crippen molar-refractivity contribution < 1.29 is 9.53 Å². The van der Waals surface area contributed by atoms with Gasteiger partial charge in [0.1, 0.15) is 5.75 Å². The third-order valence-electron chi connectivity index (χ3n) is 5.65. The molecule has 3 nitrogen and oxygen atoms in total.